The number of methoxy groups -OCH3 is 1. The third-order valence-corrected chi connectivity index (χ3v) is 4.42. The summed E-state index contributed by atoms with van der Waals surface area (Å²) in [6.45, 7) is 7.79. The molecular weight excluding hydrogens is 254 g/mol. The first kappa shape index (κ1) is 15.0. The molecule has 0 saturated carbocycles. The molecule has 2 rings (SSSR count). The maximum absolute atomic E-state index is 5.46. The average Bonchev–Trinajstić information content (AvgIpc) is 2.97. The molecule has 20 heavy (non-hydrogen) atoms. The Morgan fingerprint density at radius 3 is 2.45 bits per heavy atom. The van der Waals surface area contributed by atoms with Crippen molar-refractivity contribution < 1.29 is 14.2 Å². The molecule has 0 spiro atoms. The van der Waals surface area contributed by atoms with E-state index in [1.54, 1.807) is 7.11 Å². The largest absolute Gasteiger partial charge is 0.493 e. The van der Waals surface area contributed by atoms with Crippen molar-refractivity contribution in [2.75, 3.05) is 13.9 Å². The Morgan fingerprint density at radius 2 is 1.85 bits per heavy atom. The maximum atomic E-state index is 5.46. The molecule has 0 fully saturated rings. The lowest BCUT2D eigenvalue weighted by Gasteiger charge is -2.32. The van der Waals surface area contributed by atoms with Crippen LogP contribution in [-0.2, 0) is 6.54 Å². The van der Waals surface area contributed by atoms with Crippen molar-refractivity contribution in [3.05, 3.63) is 17.7 Å². The van der Waals surface area contributed by atoms with Crippen molar-refractivity contribution >= 4 is 0 Å². The Labute approximate surface area is 121 Å². The molecule has 4 nitrogen and oxygen atoms in total. The molecular formula is C16H25NO3. The number of benzene rings is 1. The second-order valence-electron chi connectivity index (χ2n) is 5.23. The smallest absolute Gasteiger partial charge is 0.231 e. The van der Waals surface area contributed by atoms with Gasteiger partial charge in [-0.05, 0) is 37.0 Å². The molecule has 1 aliphatic rings. The number of ether oxygens (including phenoxy) is 3. The Kier molecular flexibility index (Phi) is 4.76. The predicted molar refractivity (Wildman–Crippen MR) is 79.6 cm³/mol. The van der Waals surface area contributed by atoms with E-state index < -0.39 is 0 Å². The lowest BCUT2D eigenvalue weighted by molar-refractivity contribution is 0.171. The SMILES string of the molecule is CCC(CC)(CC)NCc1cc(OC)c2c(c1)OCO2. The van der Waals surface area contributed by atoms with Crippen LogP contribution in [0.4, 0.5) is 0 Å². The lowest BCUT2D eigenvalue weighted by atomic mass is 9.89. The fraction of sp³-hybridized carbons (Fsp3) is 0.625. The fourth-order valence-electron chi connectivity index (χ4n) is 2.70. The summed E-state index contributed by atoms with van der Waals surface area (Å²) >= 11 is 0. The van der Waals surface area contributed by atoms with Crippen molar-refractivity contribution in [3.63, 3.8) is 0 Å². The number of fused-ring (bicyclic) bond motifs is 1. The van der Waals surface area contributed by atoms with E-state index in [4.69, 9.17) is 14.2 Å². The second kappa shape index (κ2) is 6.35. The summed E-state index contributed by atoms with van der Waals surface area (Å²) in [5.41, 5.74) is 1.37. The van der Waals surface area contributed by atoms with Gasteiger partial charge in [-0.2, -0.15) is 0 Å². The molecule has 1 aromatic carbocycles. The molecule has 0 atom stereocenters. The topological polar surface area (TPSA) is 39.7 Å². The number of hydrogen-bond donors (Lipinski definition) is 1. The monoisotopic (exact) mass is 279 g/mol. The van der Waals surface area contributed by atoms with Gasteiger partial charge in [-0.1, -0.05) is 20.8 Å². The van der Waals surface area contributed by atoms with Crippen LogP contribution in [0.25, 0.3) is 0 Å². The van der Waals surface area contributed by atoms with Crippen LogP contribution >= 0.6 is 0 Å². The van der Waals surface area contributed by atoms with Gasteiger partial charge in [-0.25, -0.2) is 0 Å². The van der Waals surface area contributed by atoms with E-state index in [0.29, 0.717) is 5.75 Å². The van der Waals surface area contributed by atoms with Crippen molar-refractivity contribution in [2.24, 2.45) is 0 Å². The Bertz CT molecular complexity index is 447. The van der Waals surface area contributed by atoms with Gasteiger partial charge in [0.2, 0.25) is 12.5 Å². The molecule has 4 heteroatoms. The first-order valence-electron chi connectivity index (χ1n) is 7.39. The molecule has 0 bridgehead atoms. The van der Waals surface area contributed by atoms with Crippen molar-refractivity contribution in [3.8, 4) is 17.2 Å². The van der Waals surface area contributed by atoms with E-state index in [1.165, 1.54) is 0 Å². The van der Waals surface area contributed by atoms with Crippen LogP contribution in [0, 0.1) is 0 Å². The average molecular weight is 279 g/mol. The minimum atomic E-state index is 0.212. The van der Waals surface area contributed by atoms with Crippen molar-refractivity contribution in [1.82, 2.24) is 5.32 Å². The summed E-state index contributed by atoms with van der Waals surface area (Å²) < 4.78 is 16.3. The highest BCUT2D eigenvalue weighted by Gasteiger charge is 2.24. The number of nitrogens with one attached hydrogen (secondary N) is 1. The number of hydrogen-bond acceptors (Lipinski definition) is 4. The Morgan fingerprint density at radius 1 is 1.15 bits per heavy atom. The Balaban J connectivity index is 2.14. The molecule has 0 aliphatic carbocycles. The van der Waals surface area contributed by atoms with Crippen LogP contribution < -0.4 is 19.5 Å². The van der Waals surface area contributed by atoms with Crippen molar-refractivity contribution in [1.29, 1.82) is 0 Å². The van der Waals surface area contributed by atoms with Gasteiger partial charge >= 0.3 is 0 Å². The zero-order chi connectivity index (χ0) is 14.6. The zero-order valence-corrected chi connectivity index (χ0v) is 12.9. The van der Waals surface area contributed by atoms with Gasteiger partial charge in [0.1, 0.15) is 0 Å². The highest BCUT2D eigenvalue weighted by atomic mass is 16.7. The highest BCUT2D eigenvalue weighted by molar-refractivity contribution is 5.55. The van der Waals surface area contributed by atoms with E-state index >= 15 is 0 Å². The second-order valence-corrected chi connectivity index (χ2v) is 5.23. The third-order valence-electron chi connectivity index (χ3n) is 4.42. The van der Waals surface area contributed by atoms with Crippen LogP contribution in [0.3, 0.4) is 0 Å². The van der Waals surface area contributed by atoms with E-state index in [2.05, 4.69) is 26.1 Å². The summed E-state index contributed by atoms with van der Waals surface area (Å²) in [6.07, 6.45) is 3.38. The van der Waals surface area contributed by atoms with Crippen molar-refractivity contribution in [2.45, 2.75) is 52.1 Å². The molecule has 0 saturated heterocycles. The van der Waals surface area contributed by atoms with E-state index in [1.807, 2.05) is 12.1 Å². The molecule has 1 aromatic rings. The first-order chi connectivity index (χ1) is 9.68. The molecule has 0 unspecified atom stereocenters. The zero-order valence-electron chi connectivity index (χ0n) is 12.9. The van der Waals surface area contributed by atoms with Gasteiger partial charge in [0.05, 0.1) is 7.11 Å². The molecule has 0 radical (unpaired) electrons. The van der Waals surface area contributed by atoms with Gasteiger partial charge in [0, 0.05) is 12.1 Å². The summed E-state index contributed by atoms with van der Waals surface area (Å²) in [4.78, 5) is 0. The van der Waals surface area contributed by atoms with Crippen LogP contribution in [0.2, 0.25) is 0 Å². The van der Waals surface area contributed by atoms with Crippen LogP contribution in [0.5, 0.6) is 17.2 Å². The molecule has 0 aromatic heterocycles. The molecule has 1 N–H and O–H groups in total. The van der Waals surface area contributed by atoms with Gasteiger partial charge in [0.25, 0.3) is 0 Å². The minimum Gasteiger partial charge on any atom is -0.493 e. The summed E-state index contributed by atoms with van der Waals surface area (Å²) in [7, 11) is 1.66. The van der Waals surface area contributed by atoms with Gasteiger partial charge < -0.3 is 19.5 Å². The molecule has 112 valence electrons. The summed E-state index contributed by atoms with van der Waals surface area (Å²) in [6, 6.07) is 4.05. The van der Waals surface area contributed by atoms with E-state index in [9.17, 15) is 0 Å². The fourth-order valence-corrected chi connectivity index (χ4v) is 2.70. The molecule has 1 aliphatic heterocycles. The third kappa shape index (κ3) is 2.85. The molecule has 1 heterocycles. The van der Waals surface area contributed by atoms with Crippen LogP contribution in [0.15, 0.2) is 12.1 Å². The van der Waals surface area contributed by atoms with Gasteiger partial charge in [-0.3, -0.25) is 0 Å². The Hall–Kier alpha value is -1.42. The van der Waals surface area contributed by atoms with Crippen LogP contribution in [0.1, 0.15) is 45.6 Å². The predicted octanol–water partition coefficient (Wildman–Crippen LogP) is 3.48. The van der Waals surface area contributed by atoms with E-state index in [-0.39, 0.29) is 12.3 Å². The van der Waals surface area contributed by atoms with Gasteiger partial charge in [0.15, 0.2) is 11.5 Å². The lowest BCUT2D eigenvalue weighted by Crippen LogP contribution is -2.43. The molecule has 0 amide bonds. The van der Waals surface area contributed by atoms with Gasteiger partial charge in [-0.15, -0.1) is 0 Å². The highest BCUT2D eigenvalue weighted by Crippen LogP contribution is 2.41. The summed E-state index contributed by atoms with van der Waals surface area (Å²) in [5, 5.41) is 3.69. The number of rotatable bonds is 7. The van der Waals surface area contributed by atoms with E-state index in [0.717, 1.165) is 42.9 Å². The quantitative estimate of drug-likeness (QED) is 0.829. The van der Waals surface area contributed by atoms with Crippen LogP contribution in [-0.4, -0.2) is 19.4 Å². The normalized spacial score (nSPS) is 13.6. The first-order valence-corrected chi connectivity index (χ1v) is 7.39. The maximum Gasteiger partial charge on any atom is 0.231 e. The minimum absolute atomic E-state index is 0.212. The summed E-state index contributed by atoms with van der Waals surface area (Å²) in [5.74, 6) is 2.23. The standard InChI is InChI=1S/C16H25NO3/c1-5-16(6-2,7-3)17-10-12-8-13(18-4)15-14(9-12)19-11-20-15/h8-9,17H,5-7,10-11H2,1-4H3.